The molecule has 0 radical (unpaired) electrons. The molecule has 0 aromatic heterocycles. The summed E-state index contributed by atoms with van der Waals surface area (Å²) in [5, 5.41) is 9.93. The molecule has 1 aromatic rings. The fourth-order valence-electron chi connectivity index (χ4n) is 6.20. The van der Waals surface area contributed by atoms with Crippen molar-refractivity contribution in [1.82, 2.24) is 4.90 Å². The topological polar surface area (TPSA) is 96.4 Å². The second-order valence-electron chi connectivity index (χ2n) is 10.3. The molecule has 3 heterocycles. The molecule has 3 unspecified atom stereocenters. The largest absolute Gasteiger partial charge is 0.497 e. The molecule has 212 valence electrons. The molecule has 39 heavy (non-hydrogen) atoms. The molecule has 3 saturated heterocycles. The zero-order valence-corrected chi connectivity index (χ0v) is 24.9. The molecule has 2 bridgehead atoms. The van der Waals surface area contributed by atoms with E-state index in [9.17, 15) is 19.5 Å². The number of ether oxygens (including phenoxy) is 2. The molecule has 2 amide bonds. The maximum absolute atomic E-state index is 14.5. The van der Waals surface area contributed by atoms with Crippen LogP contribution in [0.15, 0.2) is 49.6 Å². The number of rotatable bonds is 13. The van der Waals surface area contributed by atoms with Crippen molar-refractivity contribution in [3.8, 4) is 5.75 Å². The van der Waals surface area contributed by atoms with Crippen LogP contribution in [0.5, 0.6) is 5.75 Å². The molecule has 3 aliphatic heterocycles. The third-order valence-corrected chi connectivity index (χ3v) is 11.2. The molecule has 1 N–H and O–H groups in total. The summed E-state index contributed by atoms with van der Waals surface area (Å²) in [5.74, 6) is -1.63. The number of aliphatic hydroxyl groups excluding tert-OH is 1. The van der Waals surface area contributed by atoms with Crippen LogP contribution < -0.4 is 9.64 Å². The molecule has 4 rings (SSSR count). The highest BCUT2D eigenvalue weighted by Crippen LogP contribution is 2.68. The van der Waals surface area contributed by atoms with Crippen molar-refractivity contribution in [2.24, 2.45) is 11.8 Å². The Hall–Kier alpha value is -2.30. The zero-order valence-electron chi connectivity index (χ0n) is 22.5. The molecular formula is C29H37BrN2O6S. The van der Waals surface area contributed by atoms with E-state index in [2.05, 4.69) is 29.1 Å². The summed E-state index contributed by atoms with van der Waals surface area (Å²) >= 11 is 5.31. The second-order valence-corrected chi connectivity index (χ2v) is 13.0. The fraction of sp³-hybridized carbons (Fsp3) is 0.552. The SMILES string of the molecule is C=CCCCCOC(=O)[C@H]1[C@H]2C(=O)N([C@H](C)CO)C(C(=O)N(CC=C)c3ccc(OC)cc3)C23CC(Br)[C@@H]1S3. The predicted octanol–water partition coefficient (Wildman–Crippen LogP) is 3.96. The van der Waals surface area contributed by atoms with Gasteiger partial charge < -0.3 is 24.4 Å². The smallest absolute Gasteiger partial charge is 0.310 e. The summed E-state index contributed by atoms with van der Waals surface area (Å²) in [6.07, 6.45) is 6.47. The minimum atomic E-state index is -0.861. The van der Waals surface area contributed by atoms with Gasteiger partial charge in [-0.25, -0.2) is 0 Å². The van der Waals surface area contributed by atoms with Crippen LogP contribution in [0.3, 0.4) is 0 Å². The highest BCUT2D eigenvalue weighted by molar-refractivity contribution is 9.09. The molecule has 3 fully saturated rings. The number of hydrogen-bond donors (Lipinski definition) is 1. The van der Waals surface area contributed by atoms with Crippen LogP contribution in [0.25, 0.3) is 0 Å². The molecule has 1 aromatic carbocycles. The van der Waals surface area contributed by atoms with Crippen LogP contribution in [-0.4, -0.2) is 81.6 Å². The average Bonchev–Trinajstić information content (AvgIpc) is 3.54. The minimum Gasteiger partial charge on any atom is -0.497 e. The summed E-state index contributed by atoms with van der Waals surface area (Å²) in [6, 6.07) is 5.69. The van der Waals surface area contributed by atoms with Gasteiger partial charge in [0.15, 0.2) is 0 Å². The van der Waals surface area contributed by atoms with Crippen LogP contribution in [0.1, 0.15) is 32.6 Å². The number of esters is 1. The number of alkyl halides is 1. The van der Waals surface area contributed by atoms with Crippen LogP contribution in [0.4, 0.5) is 5.69 Å². The van der Waals surface area contributed by atoms with Crippen molar-refractivity contribution in [3.05, 3.63) is 49.6 Å². The number of thioether (sulfide) groups is 1. The van der Waals surface area contributed by atoms with E-state index in [0.29, 0.717) is 17.9 Å². The first-order chi connectivity index (χ1) is 18.7. The maximum Gasteiger partial charge on any atom is 0.310 e. The van der Waals surface area contributed by atoms with E-state index >= 15 is 0 Å². The van der Waals surface area contributed by atoms with Crippen molar-refractivity contribution in [2.75, 3.05) is 31.8 Å². The Balaban J connectivity index is 1.69. The number of hydrogen-bond acceptors (Lipinski definition) is 7. The first-order valence-electron chi connectivity index (χ1n) is 13.3. The number of methoxy groups -OCH3 is 1. The average molecular weight is 622 g/mol. The first-order valence-corrected chi connectivity index (χ1v) is 15.1. The first kappa shape index (κ1) is 29.7. The normalized spacial score (nSPS) is 29.6. The molecule has 10 heteroatoms. The van der Waals surface area contributed by atoms with Crippen LogP contribution in [0, 0.1) is 11.8 Å². The Morgan fingerprint density at radius 1 is 1.28 bits per heavy atom. The summed E-state index contributed by atoms with van der Waals surface area (Å²) in [4.78, 5) is 45.0. The van der Waals surface area contributed by atoms with E-state index in [0.717, 1.165) is 19.3 Å². The molecule has 0 aliphatic carbocycles. The van der Waals surface area contributed by atoms with Crippen molar-refractivity contribution in [1.29, 1.82) is 0 Å². The Bertz CT molecular complexity index is 1100. The number of fused-ring (bicyclic) bond motifs is 1. The van der Waals surface area contributed by atoms with Crippen molar-refractivity contribution < 1.29 is 29.0 Å². The van der Waals surface area contributed by atoms with Gasteiger partial charge in [0, 0.05) is 22.3 Å². The van der Waals surface area contributed by atoms with E-state index in [4.69, 9.17) is 9.47 Å². The van der Waals surface area contributed by atoms with Crippen LogP contribution >= 0.6 is 27.7 Å². The van der Waals surface area contributed by atoms with Crippen LogP contribution in [0.2, 0.25) is 0 Å². The number of carbonyl (C=O) groups excluding carboxylic acids is 3. The lowest BCUT2D eigenvalue weighted by molar-refractivity contribution is -0.154. The number of benzene rings is 1. The van der Waals surface area contributed by atoms with Gasteiger partial charge in [0.1, 0.15) is 11.8 Å². The minimum absolute atomic E-state index is 0.0570. The number of carbonyl (C=O) groups is 3. The van der Waals surface area contributed by atoms with Crippen molar-refractivity contribution >= 4 is 51.2 Å². The van der Waals surface area contributed by atoms with E-state index < -0.39 is 34.6 Å². The number of likely N-dealkylation sites (tertiary alicyclic amines) is 1. The standard InChI is InChI=1S/C29H37BrN2O6S/c1-5-7-8-9-15-38-28(36)22-23-26(34)32(18(3)17-33)25(29(23)16-21(30)24(22)39-29)27(35)31(14-6-2)19-10-12-20(37-4)13-11-19/h5-6,10-13,18,21-25,33H,1-2,7-9,14-17H2,3-4H3/t18-,21?,22+,23+,24+,25?,29?/m1/s1. The Labute approximate surface area is 242 Å². The molecule has 8 nitrogen and oxygen atoms in total. The highest BCUT2D eigenvalue weighted by atomic mass is 79.9. The van der Waals surface area contributed by atoms with Gasteiger partial charge in [-0.05, 0) is 56.9 Å². The number of nitrogens with zero attached hydrogens (tertiary/aromatic N) is 2. The third kappa shape index (κ3) is 5.27. The van der Waals surface area contributed by atoms with Gasteiger partial charge >= 0.3 is 5.97 Å². The third-order valence-electron chi connectivity index (χ3n) is 7.98. The second kappa shape index (κ2) is 12.5. The predicted molar refractivity (Wildman–Crippen MR) is 156 cm³/mol. The summed E-state index contributed by atoms with van der Waals surface area (Å²) in [7, 11) is 1.58. The molecule has 0 saturated carbocycles. The quantitative estimate of drug-likeness (QED) is 0.154. The molecule has 1 spiro atoms. The van der Waals surface area contributed by atoms with E-state index in [-0.39, 0.29) is 41.6 Å². The lowest BCUT2D eigenvalue weighted by atomic mass is 9.71. The van der Waals surface area contributed by atoms with Crippen LogP contribution in [-0.2, 0) is 19.1 Å². The van der Waals surface area contributed by atoms with Gasteiger partial charge in [0.2, 0.25) is 5.91 Å². The van der Waals surface area contributed by atoms with Crippen molar-refractivity contribution in [3.63, 3.8) is 0 Å². The number of aliphatic hydroxyl groups is 1. The zero-order chi connectivity index (χ0) is 28.3. The van der Waals surface area contributed by atoms with Gasteiger partial charge in [-0.1, -0.05) is 28.1 Å². The molecule has 3 aliphatic rings. The Morgan fingerprint density at radius 2 is 2.00 bits per heavy atom. The van der Waals surface area contributed by atoms with E-state index in [1.54, 1.807) is 61.0 Å². The summed E-state index contributed by atoms with van der Waals surface area (Å²) < 4.78 is 10.1. The Kier molecular flexibility index (Phi) is 9.49. The lowest BCUT2D eigenvalue weighted by Gasteiger charge is -2.39. The van der Waals surface area contributed by atoms with Gasteiger partial charge in [-0.3, -0.25) is 14.4 Å². The highest BCUT2D eigenvalue weighted by Gasteiger charge is 2.76. The number of allylic oxidation sites excluding steroid dienone is 1. The van der Waals surface area contributed by atoms with E-state index in [1.165, 1.54) is 4.90 Å². The van der Waals surface area contributed by atoms with Gasteiger partial charge in [-0.2, -0.15) is 0 Å². The van der Waals surface area contributed by atoms with Crippen molar-refractivity contribution in [2.45, 2.75) is 59.5 Å². The number of anilines is 1. The summed E-state index contributed by atoms with van der Waals surface area (Å²) in [6.45, 7) is 9.51. The summed E-state index contributed by atoms with van der Waals surface area (Å²) in [5.41, 5.74) is 0.646. The van der Waals surface area contributed by atoms with Gasteiger partial charge in [0.05, 0.1) is 42.9 Å². The number of amides is 2. The van der Waals surface area contributed by atoms with Gasteiger partial charge in [0.25, 0.3) is 5.91 Å². The molecule has 7 atom stereocenters. The fourth-order valence-corrected chi connectivity index (χ4v) is 9.78. The van der Waals surface area contributed by atoms with Gasteiger partial charge in [-0.15, -0.1) is 24.9 Å². The number of halogens is 1. The van der Waals surface area contributed by atoms with E-state index in [1.807, 2.05) is 6.08 Å². The monoisotopic (exact) mass is 620 g/mol. The lowest BCUT2D eigenvalue weighted by Crippen LogP contribution is -2.57. The molecular weight excluding hydrogens is 584 g/mol. The number of unbranched alkanes of at least 4 members (excludes halogenated alkanes) is 2. The Morgan fingerprint density at radius 3 is 2.62 bits per heavy atom. The maximum atomic E-state index is 14.5.